The second-order valence-corrected chi connectivity index (χ2v) is 10.2. The Morgan fingerprint density at radius 2 is 1.89 bits per heavy atom. The maximum atomic E-state index is 13.2. The molecule has 2 saturated heterocycles. The highest BCUT2D eigenvalue weighted by molar-refractivity contribution is 7.89. The van der Waals surface area contributed by atoms with Gasteiger partial charge in [-0.3, -0.25) is 4.79 Å². The van der Waals surface area contributed by atoms with Crippen LogP contribution in [0, 0.1) is 0 Å². The molecule has 0 aliphatic carbocycles. The van der Waals surface area contributed by atoms with E-state index in [9.17, 15) is 13.2 Å². The molecule has 3 heterocycles. The first kappa shape index (κ1) is 18.9. The standard InChI is InChI=1S/C19H21ClN2O3S2/c20-16-8-7-14(27(24,25)21-9-1-2-10-21)13-15(16)19(23)22-11-3-5-17(22)18-6-4-12-26-18/h4,6-8,12-13,17H,1-3,5,9-11H2. The van der Waals surface area contributed by atoms with Gasteiger partial charge in [0.05, 0.1) is 21.5 Å². The number of sulfonamides is 1. The summed E-state index contributed by atoms with van der Waals surface area (Å²) in [5.74, 6) is -0.200. The van der Waals surface area contributed by atoms with E-state index in [2.05, 4.69) is 0 Å². The van der Waals surface area contributed by atoms with Gasteiger partial charge in [0.1, 0.15) is 0 Å². The molecular weight excluding hydrogens is 404 g/mol. The molecule has 0 spiro atoms. The molecule has 0 radical (unpaired) electrons. The minimum Gasteiger partial charge on any atom is -0.331 e. The predicted octanol–water partition coefficient (Wildman–Crippen LogP) is 4.16. The lowest BCUT2D eigenvalue weighted by Crippen LogP contribution is -2.31. The van der Waals surface area contributed by atoms with Gasteiger partial charge in [0.2, 0.25) is 10.0 Å². The van der Waals surface area contributed by atoms with Gasteiger partial charge in [-0.1, -0.05) is 17.7 Å². The quantitative estimate of drug-likeness (QED) is 0.740. The Balaban J connectivity index is 1.66. The highest BCUT2D eigenvalue weighted by atomic mass is 35.5. The summed E-state index contributed by atoms with van der Waals surface area (Å²) in [5, 5.41) is 2.30. The lowest BCUT2D eigenvalue weighted by atomic mass is 10.1. The summed E-state index contributed by atoms with van der Waals surface area (Å²) in [5.41, 5.74) is 0.264. The highest BCUT2D eigenvalue weighted by Gasteiger charge is 2.33. The van der Waals surface area contributed by atoms with E-state index >= 15 is 0 Å². The van der Waals surface area contributed by atoms with Crippen LogP contribution >= 0.6 is 22.9 Å². The minimum absolute atomic E-state index is 0.0346. The number of halogens is 1. The molecule has 2 fully saturated rings. The molecule has 144 valence electrons. The normalized spacial score (nSPS) is 21.1. The number of hydrogen-bond acceptors (Lipinski definition) is 4. The monoisotopic (exact) mass is 424 g/mol. The van der Waals surface area contributed by atoms with E-state index in [0.717, 1.165) is 30.6 Å². The molecule has 8 heteroatoms. The van der Waals surface area contributed by atoms with Crippen LogP contribution < -0.4 is 0 Å². The summed E-state index contributed by atoms with van der Waals surface area (Å²) in [4.78, 5) is 16.3. The van der Waals surface area contributed by atoms with Crippen molar-refractivity contribution in [2.45, 2.75) is 36.6 Å². The maximum Gasteiger partial charge on any atom is 0.255 e. The SMILES string of the molecule is O=C(c1cc(S(=O)(=O)N2CCCC2)ccc1Cl)N1CCCC1c1cccs1. The minimum atomic E-state index is -3.59. The summed E-state index contributed by atoms with van der Waals surface area (Å²) < 4.78 is 27.2. The molecule has 1 aromatic heterocycles. The first-order valence-electron chi connectivity index (χ1n) is 9.12. The number of likely N-dealkylation sites (tertiary alicyclic amines) is 1. The second kappa shape index (κ2) is 7.54. The fraction of sp³-hybridized carbons (Fsp3) is 0.421. The summed E-state index contributed by atoms with van der Waals surface area (Å²) >= 11 is 7.93. The van der Waals surface area contributed by atoms with Gasteiger partial charge < -0.3 is 4.90 Å². The van der Waals surface area contributed by atoms with E-state index in [1.807, 2.05) is 22.4 Å². The summed E-state index contributed by atoms with van der Waals surface area (Å²) in [6.45, 7) is 1.71. The predicted molar refractivity (Wildman–Crippen MR) is 107 cm³/mol. The Morgan fingerprint density at radius 3 is 2.59 bits per heavy atom. The average molecular weight is 425 g/mol. The van der Waals surface area contributed by atoms with Crippen LogP contribution in [-0.4, -0.2) is 43.2 Å². The Kier molecular flexibility index (Phi) is 5.29. The third-order valence-corrected chi connectivity index (χ3v) is 8.45. The molecule has 27 heavy (non-hydrogen) atoms. The van der Waals surface area contributed by atoms with Crippen molar-refractivity contribution in [1.29, 1.82) is 0 Å². The van der Waals surface area contributed by atoms with Crippen LogP contribution in [0.3, 0.4) is 0 Å². The van der Waals surface area contributed by atoms with Crippen LogP contribution in [0.1, 0.15) is 47.0 Å². The Morgan fingerprint density at radius 1 is 1.11 bits per heavy atom. The van der Waals surface area contributed by atoms with Crippen molar-refractivity contribution >= 4 is 38.9 Å². The van der Waals surface area contributed by atoms with Gasteiger partial charge in [0, 0.05) is 24.5 Å². The van der Waals surface area contributed by atoms with Gasteiger partial charge in [0.15, 0.2) is 0 Å². The highest BCUT2D eigenvalue weighted by Crippen LogP contribution is 2.36. The van der Waals surface area contributed by atoms with Crippen LogP contribution in [0.4, 0.5) is 0 Å². The van der Waals surface area contributed by atoms with Crippen molar-refractivity contribution in [3.05, 3.63) is 51.2 Å². The number of carbonyl (C=O) groups is 1. The van der Waals surface area contributed by atoms with E-state index in [-0.39, 0.29) is 27.4 Å². The van der Waals surface area contributed by atoms with Crippen molar-refractivity contribution in [2.24, 2.45) is 0 Å². The zero-order valence-electron chi connectivity index (χ0n) is 14.8. The molecule has 1 amide bonds. The number of thiophene rings is 1. The fourth-order valence-corrected chi connectivity index (χ4v) is 6.46. The molecule has 1 unspecified atom stereocenters. The summed E-state index contributed by atoms with van der Waals surface area (Å²) in [6.07, 6.45) is 3.58. The molecule has 0 saturated carbocycles. The Bertz CT molecular complexity index is 938. The first-order chi connectivity index (χ1) is 13.0. The van der Waals surface area contributed by atoms with E-state index in [4.69, 9.17) is 11.6 Å². The zero-order chi connectivity index (χ0) is 19.0. The summed E-state index contributed by atoms with van der Waals surface area (Å²) in [7, 11) is -3.59. The molecule has 1 aromatic carbocycles. The van der Waals surface area contributed by atoms with Crippen molar-refractivity contribution in [3.63, 3.8) is 0 Å². The van der Waals surface area contributed by atoms with Gasteiger partial charge in [-0.15, -0.1) is 11.3 Å². The molecule has 2 aliphatic heterocycles. The molecule has 4 rings (SSSR count). The molecule has 1 atom stereocenters. The fourth-order valence-electron chi connectivity index (χ4n) is 3.85. The summed E-state index contributed by atoms with van der Waals surface area (Å²) in [6, 6.07) is 8.52. The zero-order valence-corrected chi connectivity index (χ0v) is 17.2. The number of nitrogens with zero attached hydrogens (tertiary/aromatic N) is 2. The van der Waals surface area contributed by atoms with Gasteiger partial charge in [-0.2, -0.15) is 4.31 Å². The van der Waals surface area contributed by atoms with Crippen LogP contribution in [0.5, 0.6) is 0 Å². The lowest BCUT2D eigenvalue weighted by molar-refractivity contribution is 0.0738. The molecule has 0 bridgehead atoms. The van der Waals surface area contributed by atoms with Gasteiger partial charge in [-0.05, 0) is 55.3 Å². The molecule has 2 aliphatic rings. The van der Waals surface area contributed by atoms with Crippen molar-refractivity contribution < 1.29 is 13.2 Å². The Hall–Kier alpha value is -1.41. The van der Waals surface area contributed by atoms with Crippen molar-refractivity contribution in [3.8, 4) is 0 Å². The first-order valence-corrected chi connectivity index (χ1v) is 11.8. The van der Waals surface area contributed by atoms with Gasteiger partial charge in [-0.25, -0.2) is 8.42 Å². The van der Waals surface area contributed by atoms with Crippen LogP contribution in [0.25, 0.3) is 0 Å². The van der Waals surface area contributed by atoms with Crippen LogP contribution in [-0.2, 0) is 10.0 Å². The second-order valence-electron chi connectivity index (χ2n) is 6.92. The lowest BCUT2D eigenvalue weighted by Gasteiger charge is -2.25. The third-order valence-electron chi connectivity index (χ3n) is 5.26. The van der Waals surface area contributed by atoms with E-state index in [1.54, 1.807) is 11.3 Å². The largest absolute Gasteiger partial charge is 0.331 e. The molecular formula is C19H21ClN2O3S2. The number of hydrogen-bond donors (Lipinski definition) is 0. The number of benzene rings is 1. The number of carbonyl (C=O) groups excluding carboxylic acids is 1. The van der Waals surface area contributed by atoms with Gasteiger partial charge >= 0.3 is 0 Å². The van der Waals surface area contributed by atoms with E-state index < -0.39 is 10.0 Å². The third kappa shape index (κ3) is 3.53. The molecule has 2 aromatic rings. The van der Waals surface area contributed by atoms with Crippen molar-refractivity contribution in [1.82, 2.24) is 9.21 Å². The Labute approximate surface area is 168 Å². The van der Waals surface area contributed by atoms with Gasteiger partial charge in [0.25, 0.3) is 5.91 Å². The van der Waals surface area contributed by atoms with Crippen LogP contribution in [0.2, 0.25) is 5.02 Å². The van der Waals surface area contributed by atoms with E-state index in [0.29, 0.717) is 19.6 Å². The van der Waals surface area contributed by atoms with Crippen molar-refractivity contribution in [2.75, 3.05) is 19.6 Å². The number of rotatable bonds is 4. The smallest absolute Gasteiger partial charge is 0.255 e. The molecule has 0 N–H and O–H groups in total. The topological polar surface area (TPSA) is 57.7 Å². The van der Waals surface area contributed by atoms with Crippen LogP contribution in [0.15, 0.2) is 40.6 Å². The maximum absolute atomic E-state index is 13.2. The molecule has 5 nitrogen and oxygen atoms in total. The number of amides is 1. The average Bonchev–Trinajstić information content (AvgIpc) is 3.43. The van der Waals surface area contributed by atoms with E-state index in [1.165, 1.54) is 22.5 Å².